The van der Waals surface area contributed by atoms with Crippen LogP contribution >= 0.6 is 11.3 Å². The summed E-state index contributed by atoms with van der Waals surface area (Å²) in [4.78, 5) is 16.7. The molecular weight excluding hydrogens is 290 g/mol. The summed E-state index contributed by atoms with van der Waals surface area (Å²) in [5, 5.41) is 3.89. The van der Waals surface area contributed by atoms with E-state index < -0.39 is 0 Å². The first-order valence-electron chi connectivity index (χ1n) is 6.38. The smallest absolute Gasteiger partial charge is 0.291 e. The quantitative estimate of drug-likeness (QED) is 0.722. The minimum Gasteiger partial charge on any atom is -0.493 e. The van der Waals surface area contributed by atoms with Gasteiger partial charge in [0.15, 0.2) is 11.5 Å². The third kappa shape index (κ3) is 2.47. The molecule has 0 spiro atoms. The van der Waals surface area contributed by atoms with E-state index in [1.54, 1.807) is 13.2 Å². The molecule has 0 aliphatic carbocycles. The Bertz CT molecular complexity index is 885. The molecule has 0 N–H and O–H groups in total. The van der Waals surface area contributed by atoms with Gasteiger partial charge >= 0.3 is 0 Å². The Kier molecular flexibility index (Phi) is 3.57. The van der Waals surface area contributed by atoms with Crippen molar-refractivity contribution in [1.82, 2.24) is 14.6 Å². The van der Waals surface area contributed by atoms with E-state index in [1.165, 1.54) is 22.2 Å². The molecule has 0 unspecified atom stereocenters. The van der Waals surface area contributed by atoms with Gasteiger partial charge in [-0.05, 0) is 30.7 Å². The van der Waals surface area contributed by atoms with Crippen molar-refractivity contribution in [1.29, 1.82) is 0 Å². The first-order valence-corrected chi connectivity index (χ1v) is 7.19. The van der Waals surface area contributed by atoms with Crippen LogP contribution < -0.4 is 19.6 Å². The summed E-state index contributed by atoms with van der Waals surface area (Å²) >= 11 is 1.30. The second-order valence-corrected chi connectivity index (χ2v) is 5.22. The van der Waals surface area contributed by atoms with Crippen molar-refractivity contribution in [3.05, 3.63) is 45.0 Å². The number of nitrogens with zero attached hydrogens (tertiary/aromatic N) is 3. The number of ether oxygens (including phenoxy) is 2. The normalized spacial score (nSPS) is 12.0. The number of rotatable bonds is 4. The first-order chi connectivity index (χ1) is 10.2. The largest absolute Gasteiger partial charge is 0.493 e. The lowest BCUT2D eigenvalue weighted by Gasteiger charge is -2.09. The monoisotopic (exact) mass is 303 g/mol. The van der Waals surface area contributed by atoms with Gasteiger partial charge in [0.25, 0.3) is 5.56 Å². The van der Waals surface area contributed by atoms with Crippen molar-refractivity contribution in [2.24, 2.45) is 0 Å². The van der Waals surface area contributed by atoms with Crippen LogP contribution in [0.1, 0.15) is 12.5 Å². The van der Waals surface area contributed by atoms with Crippen LogP contribution in [0, 0.1) is 0 Å². The summed E-state index contributed by atoms with van der Waals surface area (Å²) in [7, 11) is 1.59. The minimum atomic E-state index is -0.166. The molecule has 1 aromatic carbocycles. The van der Waals surface area contributed by atoms with Crippen LogP contribution in [0.15, 0.2) is 29.3 Å². The summed E-state index contributed by atoms with van der Waals surface area (Å²) < 4.78 is 12.6. The third-order valence-electron chi connectivity index (χ3n) is 2.91. The van der Waals surface area contributed by atoms with E-state index in [0.717, 1.165) is 5.56 Å². The van der Waals surface area contributed by atoms with Crippen molar-refractivity contribution in [2.45, 2.75) is 6.92 Å². The van der Waals surface area contributed by atoms with Crippen LogP contribution in [0.4, 0.5) is 0 Å². The van der Waals surface area contributed by atoms with Gasteiger partial charge in [0.05, 0.1) is 18.2 Å². The highest BCUT2D eigenvalue weighted by molar-refractivity contribution is 7.15. The number of hydrogen-bond donors (Lipinski definition) is 0. The maximum absolute atomic E-state index is 12.1. The van der Waals surface area contributed by atoms with Crippen molar-refractivity contribution in [2.75, 3.05) is 13.7 Å². The molecule has 0 saturated heterocycles. The van der Waals surface area contributed by atoms with E-state index in [9.17, 15) is 4.79 Å². The van der Waals surface area contributed by atoms with Crippen LogP contribution in [-0.2, 0) is 0 Å². The second-order valence-electron chi connectivity index (χ2n) is 4.21. The zero-order valence-corrected chi connectivity index (χ0v) is 12.4. The van der Waals surface area contributed by atoms with Gasteiger partial charge < -0.3 is 9.47 Å². The fraction of sp³-hybridized carbons (Fsp3) is 0.214. The second kappa shape index (κ2) is 5.53. The molecular formula is C14H13N3O3S. The Morgan fingerprint density at radius 1 is 1.38 bits per heavy atom. The molecule has 7 heteroatoms. The first kappa shape index (κ1) is 13.6. The number of aromatic nitrogens is 3. The molecule has 0 bridgehead atoms. The molecule has 0 atom stereocenters. The highest BCUT2D eigenvalue weighted by Gasteiger charge is 2.07. The standard InChI is InChI=1S/C14H13N3O3S/c1-3-20-10-5-4-9(6-11(10)19-2)7-12-13(18)17-14(21-12)15-8-16-17/h4-8H,3H2,1-2H3. The molecule has 0 aliphatic rings. The molecule has 6 nitrogen and oxygen atoms in total. The SMILES string of the molecule is CCOc1ccc(C=c2sc3ncnn3c2=O)cc1OC. The zero-order chi connectivity index (χ0) is 14.8. The Morgan fingerprint density at radius 2 is 2.24 bits per heavy atom. The van der Waals surface area contributed by atoms with E-state index in [2.05, 4.69) is 10.1 Å². The van der Waals surface area contributed by atoms with Gasteiger partial charge in [-0.2, -0.15) is 9.61 Å². The Labute approximate surface area is 124 Å². The van der Waals surface area contributed by atoms with Crippen molar-refractivity contribution in [3.63, 3.8) is 0 Å². The van der Waals surface area contributed by atoms with Gasteiger partial charge in [0.2, 0.25) is 4.96 Å². The van der Waals surface area contributed by atoms with E-state index in [1.807, 2.05) is 25.1 Å². The summed E-state index contributed by atoms with van der Waals surface area (Å²) in [6.07, 6.45) is 3.17. The Morgan fingerprint density at radius 3 is 2.95 bits per heavy atom. The molecule has 0 fully saturated rings. The maximum Gasteiger partial charge on any atom is 0.291 e. The molecule has 0 radical (unpaired) electrons. The number of fused-ring (bicyclic) bond motifs is 1. The fourth-order valence-corrected chi connectivity index (χ4v) is 2.86. The lowest BCUT2D eigenvalue weighted by molar-refractivity contribution is 0.311. The average molecular weight is 303 g/mol. The maximum atomic E-state index is 12.1. The van der Waals surface area contributed by atoms with Gasteiger partial charge in [-0.25, -0.2) is 4.98 Å². The third-order valence-corrected chi connectivity index (χ3v) is 3.88. The zero-order valence-electron chi connectivity index (χ0n) is 11.6. The number of hydrogen-bond acceptors (Lipinski definition) is 6. The number of methoxy groups -OCH3 is 1. The average Bonchev–Trinajstić information content (AvgIpc) is 3.05. The number of thiazole rings is 1. The van der Waals surface area contributed by atoms with Gasteiger partial charge in [-0.1, -0.05) is 17.4 Å². The molecule has 3 aromatic rings. The van der Waals surface area contributed by atoms with Crippen molar-refractivity contribution >= 4 is 22.4 Å². The van der Waals surface area contributed by atoms with Crippen LogP contribution in [0.2, 0.25) is 0 Å². The van der Waals surface area contributed by atoms with Gasteiger partial charge in [-0.3, -0.25) is 4.79 Å². The van der Waals surface area contributed by atoms with Gasteiger partial charge in [0, 0.05) is 0 Å². The topological polar surface area (TPSA) is 65.7 Å². The van der Waals surface area contributed by atoms with Crippen molar-refractivity contribution < 1.29 is 9.47 Å². The van der Waals surface area contributed by atoms with E-state index in [4.69, 9.17) is 9.47 Å². The fourth-order valence-electron chi connectivity index (χ4n) is 1.98. The highest BCUT2D eigenvalue weighted by Crippen LogP contribution is 2.28. The lowest BCUT2D eigenvalue weighted by atomic mass is 10.2. The highest BCUT2D eigenvalue weighted by atomic mass is 32.1. The minimum absolute atomic E-state index is 0.166. The van der Waals surface area contributed by atoms with Gasteiger partial charge in [0.1, 0.15) is 6.33 Å². The van der Waals surface area contributed by atoms with E-state index >= 15 is 0 Å². The molecule has 2 heterocycles. The summed E-state index contributed by atoms with van der Waals surface area (Å²) in [6, 6.07) is 5.54. The molecule has 0 saturated carbocycles. The summed E-state index contributed by atoms with van der Waals surface area (Å²) in [5.41, 5.74) is 0.692. The van der Waals surface area contributed by atoms with Crippen LogP contribution in [0.25, 0.3) is 11.0 Å². The lowest BCUT2D eigenvalue weighted by Crippen LogP contribution is -2.23. The molecule has 3 rings (SSSR count). The summed E-state index contributed by atoms with van der Waals surface area (Å²) in [6.45, 7) is 2.48. The Hall–Kier alpha value is -2.41. The molecule has 21 heavy (non-hydrogen) atoms. The number of benzene rings is 1. The predicted molar refractivity (Wildman–Crippen MR) is 80.1 cm³/mol. The molecule has 0 aliphatic heterocycles. The van der Waals surface area contributed by atoms with Crippen LogP contribution in [-0.4, -0.2) is 28.3 Å². The van der Waals surface area contributed by atoms with Gasteiger partial charge in [-0.15, -0.1) is 0 Å². The molecule has 0 amide bonds. The summed E-state index contributed by atoms with van der Waals surface area (Å²) in [5.74, 6) is 1.32. The molecule has 2 aromatic heterocycles. The van der Waals surface area contributed by atoms with E-state index in [0.29, 0.717) is 27.6 Å². The Balaban J connectivity index is 2.08. The molecule has 108 valence electrons. The van der Waals surface area contributed by atoms with Crippen molar-refractivity contribution in [3.8, 4) is 11.5 Å². The van der Waals surface area contributed by atoms with Crippen LogP contribution in [0.3, 0.4) is 0 Å². The van der Waals surface area contributed by atoms with Crippen LogP contribution in [0.5, 0.6) is 11.5 Å². The van der Waals surface area contributed by atoms with E-state index in [-0.39, 0.29) is 5.56 Å². The predicted octanol–water partition coefficient (Wildman–Crippen LogP) is 1.11.